The minimum atomic E-state index is -2.56. The summed E-state index contributed by atoms with van der Waals surface area (Å²) in [6.45, 7) is 0.570. The molecule has 1 fully saturated rings. The quantitative estimate of drug-likeness (QED) is 0.859. The first-order valence-electron chi connectivity index (χ1n) is 6.18. The molecule has 0 bridgehead atoms. The van der Waals surface area contributed by atoms with Crippen molar-refractivity contribution in [3.63, 3.8) is 0 Å². The molecule has 1 saturated heterocycles. The number of nitrogens with two attached hydrogens (primary N) is 1. The average molecular weight is 264 g/mol. The lowest BCUT2D eigenvalue weighted by atomic mass is 10.1. The maximum Gasteiger partial charge on any atom is 0.251 e. The van der Waals surface area contributed by atoms with Gasteiger partial charge in [-0.3, -0.25) is 4.98 Å². The summed E-state index contributed by atoms with van der Waals surface area (Å²) >= 11 is 0. The highest BCUT2D eigenvalue weighted by Crippen LogP contribution is 2.33. The van der Waals surface area contributed by atoms with Crippen molar-refractivity contribution < 1.29 is 8.78 Å². The molecule has 0 amide bonds. The second-order valence-corrected chi connectivity index (χ2v) is 4.81. The molecule has 3 rings (SSSR count). The van der Waals surface area contributed by atoms with Crippen LogP contribution in [0.5, 0.6) is 0 Å². The van der Waals surface area contributed by atoms with Crippen molar-refractivity contribution >= 4 is 22.4 Å². The fraction of sp³-hybridized carbons (Fsp3) is 0.385. The zero-order valence-electron chi connectivity index (χ0n) is 10.3. The Labute approximate surface area is 109 Å². The molecule has 0 atom stereocenters. The van der Waals surface area contributed by atoms with Crippen LogP contribution in [-0.2, 0) is 0 Å². The van der Waals surface area contributed by atoms with Crippen LogP contribution in [0.15, 0.2) is 24.5 Å². The number of alkyl halides is 2. The number of hydrogen-bond acceptors (Lipinski definition) is 4. The third-order valence-electron chi connectivity index (χ3n) is 3.43. The number of nitrogen functional groups attached to an aromatic ring is 1. The first-order valence-corrected chi connectivity index (χ1v) is 6.18. The molecule has 1 aliphatic rings. The molecule has 2 aromatic rings. The summed E-state index contributed by atoms with van der Waals surface area (Å²) in [7, 11) is 0. The lowest BCUT2D eigenvalue weighted by Gasteiger charge is -2.33. The predicted molar refractivity (Wildman–Crippen MR) is 70.3 cm³/mol. The van der Waals surface area contributed by atoms with Gasteiger partial charge in [0.25, 0.3) is 5.92 Å². The van der Waals surface area contributed by atoms with Crippen molar-refractivity contribution in [2.75, 3.05) is 23.7 Å². The van der Waals surface area contributed by atoms with E-state index in [0.29, 0.717) is 11.6 Å². The molecule has 19 heavy (non-hydrogen) atoms. The lowest BCUT2D eigenvalue weighted by molar-refractivity contribution is -0.0221. The van der Waals surface area contributed by atoms with Gasteiger partial charge in [-0.05, 0) is 17.5 Å². The molecule has 0 saturated carbocycles. The van der Waals surface area contributed by atoms with Gasteiger partial charge in [0.05, 0.1) is 0 Å². The van der Waals surface area contributed by atoms with Crippen LogP contribution in [0, 0.1) is 0 Å². The van der Waals surface area contributed by atoms with E-state index in [1.165, 1.54) is 0 Å². The molecule has 0 unspecified atom stereocenters. The summed E-state index contributed by atoms with van der Waals surface area (Å²) in [4.78, 5) is 10.2. The maximum absolute atomic E-state index is 13.2. The first-order chi connectivity index (χ1) is 9.05. The number of rotatable bonds is 1. The standard InChI is InChI=1S/C13H14F2N4/c14-13(15)2-5-19(6-3-13)12-10-8-17-4-1-9(10)7-11(16)18-12/h1,4,7-8H,2-3,5-6H2,(H2,16,18). The van der Waals surface area contributed by atoms with Gasteiger partial charge in [0, 0.05) is 43.7 Å². The smallest absolute Gasteiger partial charge is 0.251 e. The van der Waals surface area contributed by atoms with E-state index in [2.05, 4.69) is 9.97 Å². The summed E-state index contributed by atoms with van der Waals surface area (Å²) in [5.41, 5.74) is 5.78. The third-order valence-corrected chi connectivity index (χ3v) is 3.43. The van der Waals surface area contributed by atoms with E-state index in [9.17, 15) is 8.78 Å². The normalized spacial score (nSPS) is 18.7. The Balaban J connectivity index is 2.01. The molecule has 4 nitrogen and oxygen atoms in total. The molecule has 2 N–H and O–H groups in total. The highest BCUT2D eigenvalue weighted by atomic mass is 19.3. The van der Waals surface area contributed by atoms with Crippen molar-refractivity contribution in [2.45, 2.75) is 18.8 Å². The summed E-state index contributed by atoms with van der Waals surface area (Å²) in [6.07, 6.45) is 3.08. The van der Waals surface area contributed by atoms with Crippen molar-refractivity contribution in [1.29, 1.82) is 0 Å². The van der Waals surface area contributed by atoms with Gasteiger partial charge in [0.1, 0.15) is 11.6 Å². The van der Waals surface area contributed by atoms with Crippen molar-refractivity contribution in [3.05, 3.63) is 24.5 Å². The number of halogens is 2. The lowest BCUT2D eigenvalue weighted by Crippen LogP contribution is -2.39. The molecule has 2 aromatic heterocycles. The van der Waals surface area contributed by atoms with E-state index in [-0.39, 0.29) is 25.9 Å². The Hall–Kier alpha value is -1.98. The Bertz CT molecular complexity index is 605. The first kappa shape index (κ1) is 12.1. The average Bonchev–Trinajstić information content (AvgIpc) is 2.38. The second kappa shape index (κ2) is 4.29. The van der Waals surface area contributed by atoms with Crippen LogP contribution >= 0.6 is 0 Å². The van der Waals surface area contributed by atoms with Crippen LogP contribution in [0.1, 0.15) is 12.8 Å². The number of nitrogens with zero attached hydrogens (tertiary/aromatic N) is 3. The summed E-state index contributed by atoms with van der Waals surface area (Å²) in [5, 5.41) is 1.77. The predicted octanol–water partition coefficient (Wildman–Crippen LogP) is 2.45. The van der Waals surface area contributed by atoms with Gasteiger partial charge in [-0.1, -0.05) is 0 Å². The third kappa shape index (κ3) is 2.30. The number of piperidine rings is 1. The zero-order valence-corrected chi connectivity index (χ0v) is 10.3. The van der Waals surface area contributed by atoms with E-state index < -0.39 is 5.92 Å². The molecule has 3 heterocycles. The Kier molecular flexibility index (Phi) is 2.73. The number of aromatic nitrogens is 2. The maximum atomic E-state index is 13.2. The van der Waals surface area contributed by atoms with E-state index in [0.717, 1.165) is 10.8 Å². The second-order valence-electron chi connectivity index (χ2n) is 4.81. The van der Waals surface area contributed by atoms with Crippen LogP contribution in [0.3, 0.4) is 0 Å². The number of fused-ring (bicyclic) bond motifs is 1. The Morgan fingerprint density at radius 1 is 1.26 bits per heavy atom. The van der Waals surface area contributed by atoms with Crippen LogP contribution in [-0.4, -0.2) is 29.0 Å². The van der Waals surface area contributed by atoms with Crippen molar-refractivity contribution in [3.8, 4) is 0 Å². The monoisotopic (exact) mass is 264 g/mol. The Morgan fingerprint density at radius 2 is 2.00 bits per heavy atom. The van der Waals surface area contributed by atoms with Gasteiger partial charge >= 0.3 is 0 Å². The molecular weight excluding hydrogens is 250 g/mol. The molecule has 0 aliphatic carbocycles. The van der Waals surface area contributed by atoms with E-state index in [1.807, 2.05) is 11.0 Å². The fourth-order valence-electron chi connectivity index (χ4n) is 2.38. The van der Waals surface area contributed by atoms with Crippen LogP contribution in [0.4, 0.5) is 20.4 Å². The van der Waals surface area contributed by atoms with Crippen LogP contribution in [0.2, 0.25) is 0 Å². The van der Waals surface area contributed by atoms with Gasteiger partial charge in [0.2, 0.25) is 0 Å². The van der Waals surface area contributed by atoms with Gasteiger partial charge in [0.15, 0.2) is 0 Å². The fourth-order valence-corrected chi connectivity index (χ4v) is 2.38. The molecule has 0 spiro atoms. The van der Waals surface area contributed by atoms with Gasteiger partial charge in [-0.25, -0.2) is 13.8 Å². The van der Waals surface area contributed by atoms with Gasteiger partial charge in [-0.2, -0.15) is 0 Å². The molecule has 100 valence electrons. The summed E-state index contributed by atoms with van der Waals surface area (Å²) in [5.74, 6) is -1.52. The topological polar surface area (TPSA) is 55.0 Å². The van der Waals surface area contributed by atoms with Gasteiger partial charge in [-0.15, -0.1) is 0 Å². The Morgan fingerprint density at radius 3 is 2.74 bits per heavy atom. The summed E-state index contributed by atoms with van der Waals surface area (Å²) in [6, 6.07) is 3.61. The van der Waals surface area contributed by atoms with Crippen molar-refractivity contribution in [1.82, 2.24) is 9.97 Å². The minimum absolute atomic E-state index is 0.148. The van der Waals surface area contributed by atoms with Crippen LogP contribution < -0.4 is 10.6 Å². The SMILES string of the molecule is Nc1cc2ccncc2c(N2CCC(F)(F)CC2)n1. The highest BCUT2D eigenvalue weighted by molar-refractivity contribution is 5.93. The number of pyridine rings is 2. The zero-order chi connectivity index (χ0) is 13.5. The molecule has 0 aromatic carbocycles. The molecule has 1 aliphatic heterocycles. The van der Waals surface area contributed by atoms with E-state index in [1.54, 1.807) is 18.5 Å². The number of hydrogen-bond donors (Lipinski definition) is 1. The van der Waals surface area contributed by atoms with E-state index >= 15 is 0 Å². The van der Waals surface area contributed by atoms with E-state index in [4.69, 9.17) is 5.73 Å². The molecule has 0 radical (unpaired) electrons. The number of anilines is 2. The van der Waals surface area contributed by atoms with Crippen molar-refractivity contribution in [2.24, 2.45) is 0 Å². The largest absolute Gasteiger partial charge is 0.384 e. The van der Waals surface area contributed by atoms with Crippen LogP contribution in [0.25, 0.3) is 10.8 Å². The minimum Gasteiger partial charge on any atom is -0.384 e. The highest BCUT2D eigenvalue weighted by Gasteiger charge is 2.34. The summed E-state index contributed by atoms with van der Waals surface area (Å²) < 4.78 is 26.4. The van der Waals surface area contributed by atoms with Gasteiger partial charge < -0.3 is 10.6 Å². The molecular formula is C13H14F2N4. The molecule has 6 heteroatoms.